The molecule has 200 valence electrons. The number of ether oxygens (including phenoxy) is 1. The zero-order chi connectivity index (χ0) is 27.5. The molecule has 0 saturated heterocycles. The lowest BCUT2D eigenvalue weighted by atomic mass is 9.92. The molecule has 3 heterocycles. The fourth-order valence-electron chi connectivity index (χ4n) is 6.74. The zero-order valence-corrected chi connectivity index (χ0v) is 23.5. The van der Waals surface area contributed by atoms with Gasteiger partial charge in [-0.3, -0.25) is 4.57 Å². The molecule has 1 N–H and O–H groups in total. The summed E-state index contributed by atoms with van der Waals surface area (Å²) in [5, 5.41) is 14.2. The molecule has 1 aliphatic carbocycles. The molecule has 5 nitrogen and oxygen atoms in total. The Morgan fingerprint density at radius 2 is 1.60 bits per heavy atom. The summed E-state index contributed by atoms with van der Waals surface area (Å²) in [6.45, 7) is 8.39. The predicted molar refractivity (Wildman–Crippen MR) is 162 cm³/mol. The highest BCUT2D eigenvalue weighted by molar-refractivity contribution is 6.13. The lowest BCUT2D eigenvalue weighted by Crippen LogP contribution is -2.00. The first-order valence-electron chi connectivity index (χ1n) is 14.2. The van der Waals surface area contributed by atoms with Gasteiger partial charge < -0.3 is 9.84 Å². The van der Waals surface area contributed by atoms with Crippen LogP contribution in [0.5, 0.6) is 17.4 Å². The molecule has 0 atom stereocenters. The standard InChI is InChI=1S/C35H33N3O2/c1-20-14-15-36-30(16-20)38-27-11-7-8-21(2)33(27)34-26(24-9-5-6-10-24)18-25(19-28(34)38)40-31-17-23(4)32-22(3)12-13-29(39)35(32)37-31/h7-8,11-19,24,39H,5-6,9-10H2,1-4H3. The van der Waals surface area contributed by atoms with Crippen molar-refractivity contribution in [3.63, 3.8) is 0 Å². The van der Waals surface area contributed by atoms with Gasteiger partial charge in [-0.05, 0) is 105 Å². The summed E-state index contributed by atoms with van der Waals surface area (Å²) in [4.78, 5) is 9.56. The number of pyridine rings is 2. The molecule has 1 aliphatic rings. The van der Waals surface area contributed by atoms with Crippen LogP contribution in [0.4, 0.5) is 0 Å². The molecule has 3 aromatic carbocycles. The molecule has 5 heteroatoms. The first-order valence-corrected chi connectivity index (χ1v) is 14.2. The van der Waals surface area contributed by atoms with E-state index in [4.69, 9.17) is 14.7 Å². The molecule has 0 amide bonds. The zero-order valence-electron chi connectivity index (χ0n) is 23.5. The topological polar surface area (TPSA) is 60.2 Å². The van der Waals surface area contributed by atoms with Crippen LogP contribution in [0, 0.1) is 27.7 Å². The van der Waals surface area contributed by atoms with Crippen molar-refractivity contribution in [3.05, 3.63) is 94.7 Å². The summed E-state index contributed by atoms with van der Waals surface area (Å²) in [6.07, 6.45) is 6.74. The molecule has 7 rings (SSSR count). The first kappa shape index (κ1) is 24.6. The van der Waals surface area contributed by atoms with Gasteiger partial charge in [0.15, 0.2) is 0 Å². The number of hydrogen-bond donors (Lipinski definition) is 1. The number of rotatable bonds is 4. The molecular weight excluding hydrogens is 494 g/mol. The molecule has 6 aromatic rings. The van der Waals surface area contributed by atoms with E-state index in [-0.39, 0.29) is 5.75 Å². The lowest BCUT2D eigenvalue weighted by Gasteiger charge is -2.16. The third-order valence-electron chi connectivity index (χ3n) is 8.57. The second-order valence-corrected chi connectivity index (χ2v) is 11.4. The number of hydrogen-bond acceptors (Lipinski definition) is 4. The predicted octanol–water partition coefficient (Wildman–Crippen LogP) is 9.12. The summed E-state index contributed by atoms with van der Waals surface area (Å²) in [5.41, 5.74) is 8.70. The monoisotopic (exact) mass is 527 g/mol. The smallest absolute Gasteiger partial charge is 0.220 e. The minimum atomic E-state index is 0.164. The van der Waals surface area contributed by atoms with Gasteiger partial charge in [0.25, 0.3) is 0 Å². The molecule has 1 saturated carbocycles. The first-order chi connectivity index (χ1) is 19.4. The van der Waals surface area contributed by atoms with Crippen LogP contribution < -0.4 is 4.74 Å². The maximum atomic E-state index is 10.6. The average Bonchev–Trinajstić information content (AvgIpc) is 3.57. The van der Waals surface area contributed by atoms with Crippen molar-refractivity contribution in [2.45, 2.75) is 59.3 Å². The molecule has 1 fully saturated rings. The number of benzene rings is 3. The molecule has 0 aliphatic heterocycles. The van der Waals surface area contributed by atoms with Crippen LogP contribution in [0.15, 0.2) is 66.9 Å². The van der Waals surface area contributed by atoms with Crippen LogP contribution in [0.2, 0.25) is 0 Å². The van der Waals surface area contributed by atoms with Gasteiger partial charge in [-0.1, -0.05) is 31.0 Å². The molecule has 3 aromatic heterocycles. The van der Waals surface area contributed by atoms with E-state index in [1.807, 2.05) is 38.2 Å². The van der Waals surface area contributed by atoms with Crippen LogP contribution >= 0.6 is 0 Å². The van der Waals surface area contributed by atoms with Crippen molar-refractivity contribution < 1.29 is 9.84 Å². The van der Waals surface area contributed by atoms with Gasteiger partial charge in [0, 0.05) is 34.5 Å². The fraction of sp³-hybridized carbons (Fsp3) is 0.257. The minimum absolute atomic E-state index is 0.164. The maximum Gasteiger partial charge on any atom is 0.220 e. The van der Waals surface area contributed by atoms with Gasteiger partial charge in [0.2, 0.25) is 5.88 Å². The largest absolute Gasteiger partial charge is 0.506 e. The minimum Gasteiger partial charge on any atom is -0.506 e. The van der Waals surface area contributed by atoms with Crippen LogP contribution in [-0.4, -0.2) is 19.6 Å². The van der Waals surface area contributed by atoms with Crippen LogP contribution in [0.1, 0.15) is 59.4 Å². The molecule has 40 heavy (non-hydrogen) atoms. The van der Waals surface area contributed by atoms with E-state index in [0.29, 0.717) is 17.3 Å². The summed E-state index contributed by atoms with van der Waals surface area (Å²) < 4.78 is 8.84. The SMILES string of the molecule is Cc1ccnc(-n2c3cccc(C)c3c3c(C4CCCC4)cc(Oc4cc(C)c5c(C)ccc(O)c5n4)cc32)c1. The fourth-order valence-corrected chi connectivity index (χ4v) is 6.74. The van der Waals surface area contributed by atoms with Gasteiger partial charge in [-0.2, -0.15) is 0 Å². The van der Waals surface area contributed by atoms with Crippen molar-refractivity contribution in [1.82, 2.24) is 14.5 Å². The summed E-state index contributed by atoms with van der Waals surface area (Å²) in [5.74, 6) is 2.78. The molecule has 0 bridgehead atoms. The number of nitrogens with zero attached hydrogens (tertiary/aromatic N) is 3. The number of aromatic nitrogens is 3. The molecule has 0 spiro atoms. The second kappa shape index (κ2) is 9.37. The molecule has 0 radical (unpaired) electrons. The second-order valence-electron chi connectivity index (χ2n) is 11.4. The highest BCUT2D eigenvalue weighted by Gasteiger charge is 2.25. The van der Waals surface area contributed by atoms with Crippen LogP contribution in [0.25, 0.3) is 38.5 Å². The summed E-state index contributed by atoms with van der Waals surface area (Å²) in [7, 11) is 0. The highest BCUT2D eigenvalue weighted by Crippen LogP contribution is 2.45. The number of phenols is 1. The number of aryl methyl sites for hydroxylation is 4. The van der Waals surface area contributed by atoms with Crippen molar-refractivity contribution in [1.29, 1.82) is 0 Å². The van der Waals surface area contributed by atoms with Crippen molar-refractivity contribution in [3.8, 4) is 23.2 Å². The van der Waals surface area contributed by atoms with E-state index in [1.54, 1.807) is 6.07 Å². The Labute approximate surface area is 234 Å². The van der Waals surface area contributed by atoms with Gasteiger partial charge >= 0.3 is 0 Å². The Hall–Kier alpha value is -4.38. The van der Waals surface area contributed by atoms with E-state index in [0.717, 1.165) is 39.1 Å². The molecular formula is C35H33N3O2. The van der Waals surface area contributed by atoms with E-state index in [9.17, 15) is 5.11 Å². The van der Waals surface area contributed by atoms with Crippen LogP contribution in [0.3, 0.4) is 0 Å². The number of fused-ring (bicyclic) bond motifs is 4. The van der Waals surface area contributed by atoms with E-state index < -0.39 is 0 Å². The summed E-state index contributed by atoms with van der Waals surface area (Å²) in [6, 6.07) is 20.7. The van der Waals surface area contributed by atoms with E-state index >= 15 is 0 Å². The number of phenolic OH excluding ortho intramolecular Hbond substituents is 1. The lowest BCUT2D eigenvalue weighted by molar-refractivity contribution is 0.459. The Bertz CT molecular complexity index is 1950. The average molecular weight is 528 g/mol. The van der Waals surface area contributed by atoms with Gasteiger partial charge in [0.1, 0.15) is 22.8 Å². The number of aromatic hydroxyl groups is 1. The van der Waals surface area contributed by atoms with Crippen molar-refractivity contribution in [2.24, 2.45) is 0 Å². The van der Waals surface area contributed by atoms with Crippen LogP contribution in [-0.2, 0) is 0 Å². The Kier molecular flexibility index (Phi) is 5.77. The van der Waals surface area contributed by atoms with E-state index in [2.05, 4.69) is 54.8 Å². The Balaban J connectivity index is 1.50. The van der Waals surface area contributed by atoms with Crippen molar-refractivity contribution in [2.75, 3.05) is 0 Å². The van der Waals surface area contributed by atoms with Crippen molar-refractivity contribution >= 4 is 32.7 Å². The third kappa shape index (κ3) is 3.91. The third-order valence-corrected chi connectivity index (χ3v) is 8.57. The quantitative estimate of drug-likeness (QED) is 0.248. The molecule has 0 unspecified atom stereocenters. The van der Waals surface area contributed by atoms with Gasteiger partial charge in [-0.25, -0.2) is 9.97 Å². The highest BCUT2D eigenvalue weighted by atomic mass is 16.5. The Morgan fingerprint density at radius 3 is 2.40 bits per heavy atom. The Morgan fingerprint density at radius 1 is 0.800 bits per heavy atom. The normalized spacial score (nSPS) is 14.1. The summed E-state index contributed by atoms with van der Waals surface area (Å²) >= 11 is 0. The van der Waals surface area contributed by atoms with E-state index in [1.165, 1.54) is 53.1 Å². The van der Waals surface area contributed by atoms with Gasteiger partial charge in [0.05, 0.1) is 11.0 Å². The maximum absolute atomic E-state index is 10.6. The van der Waals surface area contributed by atoms with Gasteiger partial charge in [-0.15, -0.1) is 0 Å².